The van der Waals surface area contributed by atoms with Gasteiger partial charge in [-0.1, -0.05) is 48.5 Å². The van der Waals surface area contributed by atoms with Crippen LogP contribution in [0.4, 0.5) is 0 Å². The number of phenolic OH excluding ortho intramolecular Hbond substituents is 1. The van der Waals surface area contributed by atoms with Gasteiger partial charge in [0.2, 0.25) is 5.91 Å². The molecule has 4 atom stereocenters. The predicted octanol–water partition coefficient (Wildman–Crippen LogP) is 4.01. The molecule has 3 heterocycles. The van der Waals surface area contributed by atoms with Gasteiger partial charge in [-0.25, -0.2) is 0 Å². The summed E-state index contributed by atoms with van der Waals surface area (Å²) in [7, 11) is 0. The first-order valence-electron chi connectivity index (χ1n) is 11.0. The summed E-state index contributed by atoms with van der Waals surface area (Å²) in [5.41, 5.74) is 2.18. The molecular formula is C25H30N2O2. The number of hydrogen-bond donors (Lipinski definition) is 1. The lowest BCUT2D eigenvalue weighted by Crippen LogP contribution is -2.60. The molecule has 2 aromatic rings. The highest BCUT2D eigenvalue weighted by Gasteiger charge is 2.45. The summed E-state index contributed by atoms with van der Waals surface area (Å²) in [6.07, 6.45) is 5.32. The molecule has 0 spiro atoms. The van der Waals surface area contributed by atoms with E-state index in [0.717, 1.165) is 25.2 Å². The summed E-state index contributed by atoms with van der Waals surface area (Å²) in [5, 5.41) is 10.0. The molecule has 0 unspecified atom stereocenters. The quantitative estimate of drug-likeness (QED) is 0.861. The lowest BCUT2D eigenvalue weighted by atomic mass is 9.74. The van der Waals surface area contributed by atoms with Gasteiger partial charge in [0.05, 0.1) is 6.42 Å². The zero-order valence-corrected chi connectivity index (χ0v) is 16.9. The van der Waals surface area contributed by atoms with Crippen LogP contribution in [0, 0.1) is 11.8 Å². The minimum atomic E-state index is 0.157. The van der Waals surface area contributed by atoms with Crippen molar-refractivity contribution in [1.82, 2.24) is 9.80 Å². The van der Waals surface area contributed by atoms with Crippen molar-refractivity contribution < 1.29 is 9.90 Å². The molecule has 3 aliphatic rings. The molecule has 0 aromatic heterocycles. The van der Waals surface area contributed by atoms with Crippen LogP contribution in [0.15, 0.2) is 54.6 Å². The Bertz CT molecular complexity index is 868. The Balaban J connectivity index is 1.31. The smallest absolute Gasteiger partial charge is 0.227 e. The molecule has 4 nitrogen and oxygen atoms in total. The number of piperidine rings is 3. The standard InChI is InChI=1S/C25H30N2O2/c28-24-12-5-4-9-20(24)14-25(29)26-15-18-13-21(17-26)23-11-6-10-22(27(23)16-18)19-7-2-1-3-8-19/h1-5,7-9,12,18,21-23,28H,6,10-11,13-17H2/t18-,21+,22+,23-/m0/s1. The average Bonchev–Trinajstić information content (AvgIpc) is 2.75. The summed E-state index contributed by atoms with van der Waals surface area (Å²) in [4.78, 5) is 17.8. The second-order valence-electron chi connectivity index (χ2n) is 9.09. The van der Waals surface area contributed by atoms with Crippen LogP contribution in [0.5, 0.6) is 5.75 Å². The maximum Gasteiger partial charge on any atom is 0.227 e. The molecule has 3 fully saturated rings. The van der Waals surface area contributed by atoms with E-state index < -0.39 is 0 Å². The predicted molar refractivity (Wildman–Crippen MR) is 114 cm³/mol. The molecule has 5 rings (SSSR count). The molecule has 0 radical (unpaired) electrons. The van der Waals surface area contributed by atoms with E-state index >= 15 is 0 Å². The minimum Gasteiger partial charge on any atom is -0.508 e. The first-order valence-corrected chi connectivity index (χ1v) is 11.0. The fourth-order valence-corrected chi connectivity index (χ4v) is 5.98. The van der Waals surface area contributed by atoms with E-state index in [1.807, 2.05) is 12.1 Å². The van der Waals surface area contributed by atoms with E-state index in [1.165, 1.54) is 31.2 Å². The number of para-hydroxylation sites is 1. The number of carbonyl (C=O) groups excluding carboxylic acids is 1. The van der Waals surface area contributed by atoms with Gasteiger partial charge in [-0.05, 0) is 49.1 Å². The highest BCUT2D eigenvalue weighted by Crippen LogP contribution is 2.44. The lowest BCUT2D eigenvalue weighted by molar-refractivity contribution is -0.138. The number of likely N-dealkylation sites (tertiary alicyclic amines) is 1. The molecule has 1 amide bonds. The number of nitrogens with zero attached hydrogens (tertiary/aromatic N) is 2. The monoisotopic (exact) mass is 390 g/mol. The van der Waals surface area contributed by atoms with Gasteiger partial charge in [0.1, 0.15) is 5.75 Å². The number of benzene rings is 2. The van der Waals surface area contributed by atoms with E-state index in [0.29, 0.717) is 30.3 Å². The topological polar surface area (TPSA) is 43.8 Å². The Morgan fingerprint density at radius 3 is 2.59 bits per heavy atom. The van der Waals surface area contributed by atoms with Gasteiger partial charge < -0.3 is 10.0 Å². The normalized spacial score (nSPS) is 29.3. The first-order chi connectivity index (χ1) is 14.2. The van der Waals surface area contributed by atoms with E-state index in [9.17, 15) is 9.90 Å². The molecule has 152 valence electrons. The van der Waals surface area contributed by atoms with Crippen molar-refractivity contribution in [3.05, 3.63) is 65.7 Å². The third-order valence-corrected chi connectivity index (χ3v) is 7.26. The van der Waals surface area contributed by atoms with Gasteiger partial charge in [-0.3, -0.25) is 9.69 Å². The number of amides is 1. The number of phenols is 1. The van der Waals surface area contributed by atoms with Crippen LogP contribution >= 0.6 is 0 Å². The Hall–Kier alpha value is -2.33. The second kappa shape index (κ2) is 7.83. The molecule has 2 bridgehead atoms. The van der Waals surface area contributed by atoms with E-state index in [2.05, 4.69) is 40.1 Å². The third kappa shape index (κ3) is 3.66. The average molecular weight is 391 g/mol. The highest BCUT2D eigenvalue weighted by atomic mass is 16.3. The SMILES string of the molecule is O=C(Cc1ccccc1O)N1C[C@@H]2C[C@H](C1)[C@@H]1CCC[C@H](c3ccccc3)N1C2. The first kappa shape index (κ1) is 18.7. The fraction of sp³-hybridized carbons (Fsp3) is 0.480. The zero-order valence-electron chi connectivity index (χ0n) is 16.9. The van der Waals surface area contributed by atoms with Crippen molar-refractivity contribution in [1.29, 1.82) is 0 Å². The van der Waals surface area contributed by atoms with E-state index in [1.54, 1.807) is 12.1 Å². The molecular weight excluding hydrogens is 360 g/mol. The molecule has 29 heavy (non-hydrogen) atoms. The Morgan fingerprint density at radius 2 is 1.76 bits per heavy atom. The molecule has 2 aromatic carbocycles. The summed E-state index contributed by atoms with van der Waals surface area (Å²) in [6, 6.07) is 19.3. The Kier molecular flexibility index (Phi) is 5.04. The zero-order chi connectivity index (χ0) is 19.8. The van der Waals surface area contributed by atoms with Crippen molar-refractivity contribution in [3.8, 4) is 5.75 Å². The van der Waals surface area contributed by atoms with Crippen LogP contribution < -0.4 is 0 Å². The number of hydrogen-bond acceptors (Lipinski definition) is 3. The van der Waals surface area contributed by atoms with Gasteiger partial charge in [0.15, 0.2) is 0 Å². The molecule has 0 saturated carbocycles. The van der Waals surface area contributed by atoms with Gasteiger partial charge >= 0.3 is 0 Å². The van der Waals surface area contributed by atoms with Gasteiger partial charge in [0.25, 0.3) is 0 Å². The number of carbonyl (C=O) groups is 1. The van der Waals surface area contributed by atoms with Crippen LogP contribution in [-0.4, -0.2) is 46.5 Å². The summed E-state index contributed by atoms with van der Waals surface area (Å²) in [6.45, 7) is 2.82. The fourth-order valence-electron chi connectivity index (χ4n) is 5.98. The molecule has 4 heteroatoms. The maximum atomic E-state index is 13.0. The summed E-state index contributed by atoms with van der Waals surface area (Å²) >= 11 is 0. The van der Waals surface area contributed by atoms with Gasteiger partial charge in [0, 0.05) is 37.3 Å². The molecule has 1 N–H and O–H groups in total. The molecule has 3 aliphatic heterocycles. The van der Waals surface area contributed by atoms with Crippen molar-refractivity contribution >= 4 is 5.91 Å². The van der Waals surface area contributed by atoms with E-state index in [-0.39, 0.29) is 11.7 Å². The third-order valence-electron chi connectivity index (χ3n) is 7.26. The van der Waals surface area contributed by atoms with Gasteiger partial charge in [-0.15, -0.1) is 0 Å². The minimum absolute atomic E-state index is 0.157. The Morgan fingerprint density at radius 1 is 0.966 bits per heavy atom. The number of aromatic hydroxyl groups is 1. The largest absolute Gasteiger partial charge is 0.508 e. The maximum absolute atomic E-state index is 13.0. The van der Waals surface area contributed by atoms with Crippen molar-refractivity contribution in [2.24, 2.45) is 11.8 Å². The van der Waals surface area contributed by atoms with Gasteiger partial charge in [-0.2, -0.15) is 0 Å². The number of fused-ring (bicyclic) bond motifs is 4. The van der Waals surface area contributed by atoms with Crippen LogP contribution in [0.1, 0.15) is 42.9 Å². The van der Waals surface area contributed by atoms with Crippen molar-refractivity contribution in [2.45, 2.75) is 44.2 Å². The summed E-state index contributed by atoms with van der Waals surface area (Å²) in [5.74, 6) is 1.51. The van der Waals surface area contributed by atoms with Crippen molar-refractivity contribution in [2.75, 3.05) is 19.6 Å². The Labute approximate surface area is 173 Å². The van der Waals surface area contributed by atoms with Crippen LogP contribution in [0.2, 0.25) is 0 Å². The molecule has 3 saturated heterocycles. The summed E-state index contributed by atoms with van der Waals surface area (Å²) < 4.78 is 0. The van der Waals surface area contributed by atoms with Crippen molar-refractivity contribution in [3.63, 3.8) is 0 Å². The second-order valence-corrected chi connectivity index (χ2v) is 9.09. The van der Waals surface area contributed by atoms with E-state index in [4.69, 9.17) is 0 Å². The van der Waals surface area contributed by atoms with Crippen LogP contribution in [-0.2, 0) is 11.2 Å². The van der Waals surface area contributed by atoms with Crippen LogP contribution in [0.25, 0.3) is 0 Å². The highest BCUT2D eigenvalue weighted by molar-refractivity contribution is 5.79. The number of rotatable bonds is 3. The lowest BCUT2D eigenvalue weighted by Gasteiger charge is -2.55. The molecule has 0 aliphatic carbocycles. The van der Waals surface area contributed by atoms with Crippen LogP contribution in [0.3, 0.4) is 0 Å².